The number of nitrogens with one attached hydrogen (secondary N) is 4. The fraction of sp³-hybridized carbons (Fsp3) is 0.160. The number of hydrogen-bond acceptors (Lipinski definition) is 5. The van der Waals surface area contributed by atoms with E-state index in [0.717, 1.165) is 39.5 Å². The van der Waals surface area contributed by atoms with Gasteiger partial charge in [0.25, 0.3) is 0 Å². The monoisotopic (exact) mass is 411 g/mol. The quantitative estimate of drug-likeness (QED) is 0.312. The van der Waals surface area contributed by atoms with Crippen LogP contribution in [0.25, 0.3) is 22.5 Å². The second kappa shape index (κ2) is 8.26. The Hall–Kier alpha value is -3.61. The normalized spacial score (nSPS) is 15.9. The smallest absolute Gasteiger partial charge is 0.0944 e. The van der Waals surface area contributed by atoms with E-state index in [9.17, 15) is 5.11 Å². The molecule has 5 rings (SSSR count). The maximum absolute atomic E-state index is 9.97. The summed E-state index contributed by atoms with van der Waals surface area (Å²) < 4.78 is 0. The molecule has 2 unspecified atom stereocenters. The number of rotatable bonds is 6. The van der Waals surface area contributed by atoms with Crippen molar-refractivity contribution in [3.05, 3.63) is 90.3 Å². The molecule has 0 spiro atoms. The Morgan fingerprint density at radius 3 is 2.71 bits per heavy atom. The van der Waals surface area contributed by atoms with Crippen molar-refractivity contribution in [3.8, 4) is 22.5 Å². The standard InChI is InChI=1S/C25H25N5O/c1-16-20-12-18(9-10-22(20)30-29-16)21-13-19(14-27-25(21)23-8-5-11-26-23)28-24(15-31)17-6-3-2-4-7-17/h2-14,16,24,26,28-31H,15H2,1H3. The number of aliphatic hydroxyl groups is 1. The number of pyridine rings is 1. The zero-order chi connectivity index (χ0) is 21.2. The minimum Gasteiger partial charge on any atom is -0.394 e. The molecule has 0 bridgehead atoms. The summed E-state index contributed by atoms with van der Waals surface area (Å²) in [7, 11) is 0. The summed E-state index contributed by atoms with van der Waals surface area (Å²) in [6, 6.07) is 22.5. The van der Waals surface area contributed by atoms with Gasteiger partial charge in [-0.25, -0.2) is 5.43 Å². The average molecular weight is 412 g/mol. The summed E-state index contributed by atoms with van der Waals surface area (Å²) in [6.07, 6.45) is 3.73. The van der Waals surface area contributed by atoms with Gasteiger partial charge in [-0.05, 0) is 53.9 Å². The lowest BCUT2D eigenvalue weighted by Crippen LogP contribution is -2.15. The van der Waals surface area contributed by atoms with Gasteiger partial charge in [-0.2, -0.15) is 0 Å². The lowest BCUT2D eigenvalue weighted by molar-refractivity contribution is 0.276. The molecule has 6 nitrogen and oxygen atoms in total. The highest BCUT2D eigenvalue weighted by molar-refractivity contribution is 5.83. The first-order chi connectivity index (χ1) is 15.2. The number of benzene rings is 2. The summed E-state index contributed by atoms with van der Waals surface area (Å²) in [6.45, 7) is 2.13. The Balaban J connectivity index is 1.56. The van der Waals surface area contributed by atoms with Crippen LogP contribution in [0.5, 0.6) is 0 Å². The summed E-state index contributed by atoms with van der Waals surface area (Å²) in [4.78, 5) is 8.06. The predicted octanol–water partition coefficient (Wildman–Crippen LogP) is 4.88. The summed E-state index contributed by atoms with van der Waals surface area (Å²) in [5.74, 6) is 0. The second-order valence-electron chi connectivity index (χ2n) is 7.79. The van der Waals surface area contributed by atoms with E-state index >= 15 is 0 Å². The van der Waals surface area contributed by atoms with Gasteiger partial charge in [0.15, 0.2) is 0 Å². The van der Waals surface area contributed by atoms with Crippen LogP contribution in [-0.4, -0.2) is 21.7 Å². The van der Waals surface area contributed by atoms with Gasteiger partial charge in [0.2, 0.25) is 0 Å². The molecular weight excluding hydrogens is 386 g/mol. The zero-order valence-corrected chi connectivity index (χ0v) is 17.3. The number of anilines is 2. The van der Waals surface area contributed by atoms with Gasteiger partial charge in [-0.15, -0.1) is 0 Å². The summed E-state index contributed by atoms with van der Waals surface area (Å²) in [5.41, 5.74) is 14.7. The third kappa shape index (κ3) is 3.79. The van der Waals surface area contributed by atoms with Crippen LogP contribution in [0.2, 0.25) is 0 Å². The molecule has 2 aromatic heterocycles. The van der Waals surface area contributed by atoms with E-state index in [2.05, 4.69) is 52.3 Å². The number of fused-ring (bicyclic) bond motifs is 1. The third-order valence-corrected chi connectivity index (χ3v) is 5.72. The number of hydrogen-bond donors (Lipinski definition) is 5. The molecule has 2 aromatic carbocycles. The molecule has 2 atom stereocenters. The van der Waals surface area contributed by atoms with Crippen molar-refractivity contribution in [3.63, 3.8) is 0 Å². The topological polar surface area (TPSA) is 85.0 Å². The lowest BCUT2D eigenvalue weighted by atomic mass is 9.97. The van der Waals surface area contributed by atoms with Gasteiger partial charge in [0.1, 0.15) is 0 Å². The first-order valence-corrected chi connectivity index (χ1v) is 10.4. The van der Waals surface area contributed by atoms with E-state index in [1.165, 1.54) is 5.56 Å². The average Bonchev–Trinajstić information content (AvgIpc) is 3.48. The van der Waals surface area contributed by atoms with Crippen molar-refractivity contribution in [1.29, 1.82) is 0 Å². The lowest BCUT2D eigenvalue weighted by Gasteiger charge is -2.19. The molecule has 6 heteroatoms. The Bertz CT molecular complexity index is 1170. The molecule has 1 aliphatic heterocycles. The maximum atomic E-state index is 9.97. The van der Waals surface area contributed by atoms with Crippen molar-refractivity contribution in [1.82, 2.24) is 15.4 Å². The van der Waals surface area contributed by atoms with Crippen LogP contribution < -0.4 is 16.2 Å². The van der Waals surface area contributed by atoms with Crippen LogP contribution in [0.15, 0.2) is 79.1 Å². The summed E-state index contributed by atoms with van der Waals surface area (Å²) >= 11 is 0. The highest BCUT2D eigenvalue weighted by Crippen LogP contribution is 2.37. The van der Waals surface area contributed by atoms with Gasteiger partial charge in [0, 0.05) is 11.8 Å². The fourth-order valence-electron chi connectivity index (χ4n) is 4.04. The van der Waals surface area contributed by atoms with E-state index < -0.39 is 0 Å². The number of aromatic nitrogens is 2. The molecule has 31 heavy (non-hydrogen) atoms. The van der Waals surface area contributed by atoms with Crippen LogP contribution in [0.4, 0.5) is 11.4 Å². The van der Waals surface area contributed by atoms with Gasteiger partial charge >= 0.3 is 0 Å². The van der Waals surface area contributed by atoms with E-state index in [1.54, 1.807) is 0 Å². The third-order valence-electron chi connectivity index (χ3n) is 5.72. The molecule has 0 saturated heterocycles. The minimum absolute atomic E-state index is 0.00851. The molecule has 4 aromatic rings. The van der Waals surface area contributed by atoms with Crippen LogP contribution in [0.3, 0.4) is 0 Å². The molecule has 0 saturated carbocycles. The number of aliphatic hydroxyl groups excluding tert-OH is 1. The molecule has 0 radical (unpaired) electrons. The molecule has 0 fully saturated rings. The second-order valence-corrected chi connectivity index (χ2v) is 7.79. The van der Waals surface area contributed by atoms with Crippen molar-refractivity contribution in [2.24, 2.45) is 0 Å². The maximum Gasteiger partial charge on any atom is 0.0944 e. The highest BCUT2D eigenvalue weighted by atomic mass is 16.3. The minimum atomic E-state index is -0.208. The largest absolute Gasteiger partial charge is 0.394 e. The number of H-pyrrole nitrogens is 1. The molecule has 0 aliphatic carbocycles. The van der Waals surface area contributed by atoms with Gasteiger partial charge < -0.3 is 20.8 Å². The Morgan fingerprint density at radius 1 is 1.06 bits per heavy atom. The first-order valence-electron chi connectivity index (χ1n) is 10.4. The Labute approximate surface area is 181 Å². The Morgan fingerprint density at radius 2 is 1.94 bits per heavy atom. The zero-order valence-electron chi connectivity index (χ0n) is 17.3. The SMILES string of the molecule is CC1NNc2ccc(-c3cc(NC(CO)c4ccccc4)cnc3-c3ccc[nH]3)cc21. The molecule has 1 aliphatic rings. The molecule has 0 amide bonds. The van der Waals surface area contributed by atoms with Gasteiger partial charge in [-0.3, -0.25) is 4.98 Å². The highest BCUT2D eigenvalue weighted by Gasteiger charge is 2.20. The first kappa shape index (κ1) is 19.4. The van der Waals surface area contributed by atoms with Crippen molar-refractivity contribution in [2.75, 3.05) is 17.3 Å². The van der Waals surface area contributed by atoms with Crippen LogP contribution >= 0.6 is 0 Å². The Kier molecular flexibility index (Phi) is 5.16. The predicted molar refractivity (Wildman–Crippen MR) is 125 cm³/mol. The van der Waals surface area contributed by atoms with Gasteiger partial charge in [0.05, 0.1) is 47.7 Å². The van der Waals surface area contributed by atoms with Crippen molar-refractivity contribution >= 4 is 11.4 Å². The number of hydrazine groups is 1. The van der Waals surface area contributed by atoms with E-state index in [-0.39, 0.29) is 18.7 Å². The van der Waals surface area contributed by atoms with Crippen LogP contribution in [0, 0.1) is 0 Å². The molecular formula is C25H25N5O. The molecule has 5 N–H and O–H groups in total. The van der Waals surface area contributed by atoms with Crippen LogP contribution in [0.1, 0.15) is 30.1 Å². The van der Waals surface area contributed by atoms with Crippen molar-refractivity contribution in [2.45, 2.75) is 19.0 Å². The molecule has 3 heterocycles. The van der Waals surface area contributed by atoms with Gasteiger partial charge in [-0.1, -0.05) is 36.4 Å². The van der Waals surface area contributed by atoms with E-state index in [0.29, 0.717) is 0 Å². The number of nitrogens with zero attached hydrogens (tertiary/aromatic N) is 1. The summed E-state index contributed by atoms with van der Waals surface area (Å²) in [5, 5.41) is 13.4. The van der Waals surface area contributed by atoms with E-state index in [1.807, 2.05) is 54.9 Å². The van der Waals surface area contributed by atoms with Crippen LogP contribution in [-0.2, 0) is 0 Å². The van der Waals surface area contributed by atoms with E-state index in [4.69, 9.17) is 4.98 Å². The number of aromatic amines is 1. The van der Waals surface area contributed by atoms with Crippen molar-refractivity contribution < 1.29 is 5.11 Å². The fourth-order valence-corrected chi connectivity index (χ4v) is 4.04. The molecule has 156 valence electrons.